The number of phenols is 1. The highest BCUT2D eigenvalue weighted by molar-refractivity contribution is 6.24. The molecule has 0 spiro atoms. The summed E-state index contributed by atoms with van der Waals surface area (Å²) in [6.07, 6.45) is -0.0575. The number of carbonyl (C=O) groups excluding carboxylic acids is 3. The van der Waals surface area contributed by atoms with Crippen LogP contribution in [-0.4, -0.2) is 68.8 Å². The lowest BCUT2D eigenvalue weighted by Gasteiger charge is -2.48. The van der Waals surface area contributed by atoms with Gasteiger partial charge in [0.05, 0.1) is 23.4 Å². The number of methoxy groups -OCH3 is 1. The summed E-state index contributed by atoms with van der Waals surface area (Å²) in [4.78, 5) is 38.3. The molecule has 1 aromatic rings. The summed E-state index contributed by atoms with van der Waals surface area (Å²) in [7, 11) is 1.56. The van der Waals surface area contributed by atoms with Crippen LogP contribution in [0.25, 0.3) is 5.76 Å². The predicted molar refractivity (Wildman–Crippen MR) is 139 cm³/mol. The largest absolute Gasteiger partial charge is 0.508 e. The Labute approximate surface area is 228 Å². The molecule has 1 saturated carbocycles. The fourth-order valence-electron chi connectivity index (χ4n) is 6.42. The summed E-state index contributed by atoms with van der Waals surface area (Å²) in [6, 6.07) is -1.92. The molecule has 1 aromatic carbocycles. The Balaban J connectivity index is 1.64. The molecule has 40 heavy (non-hydrogen) atoms. The number of rotatable bonds is 4. The summed E-state index contributed by atoms with van der Waals surface area (Å²) in [5.41, 5.74) is 7.05. The van der Waals surface area contributed by atoms with Crippen LogP contribution in [0.2, 0.25) is 0 Å². The number of hydrogen-bond donors (Lipinski definition) is 8. The summed E-state index contributed by atoms with van der Waals surface area (Å²) in [5.74, 6) is -9.25. The van der Waals surface area contributed by atoms with Crippen LogP contribution < -0.4 is 22.1 Å². The number of aromatic hydroxyl groups is 1. The van der Waals surface area contributed by atoms with E-state index in [-0.39, 0.29) is 53.9 Å². The highest BCUT2D eigenvalue weighted by atomic mass is 19.1. The second kappa shape index (κ2) is 9.41. The third kappa shape index (κ3) is 3.69. The van der Waals surface area contributed by atoms with Gasteiger partial charge in [0.25, 0.3) is 5.91 Å². The lowest BCUT2D eigenvalue weighted by Crippen LogP contribution is -2.65. The van der Waals surface area contributed by atoms with Gasteiger partial charge in [-0.25, -0.2) is 4.39 Å². The monoisotopic (exact) mass is 558 g/mol. The van der Waals surface area contributed by atoms with E-state index in [2.05, 4.69) is 17.2 Å². The van der Waals surface area contributed by atoms with E-state index in [4.69, 9.17) is 16.2 Å². The van der Waals surface area contributed by atoms with Crippen molar-refractivity contribution in [1.29, 1.82) is 0 Å². The van der Waals surface area contributed by atoms with E-state index in [0.717, 1.165) is 0 Å². The standard InChI is InChI=1S/C27H31FN4O8/c1-8(40-3)4-14-9(2)32-20-12(7-31-14)18(28)11-5-10-6-13-19(29)22(34)17(26(30)38)25(37)27(13,39)24(36)15(10)21(33)16(11)23(20)35/h8,10,13-14,19,31-33,35,37,39H,2,4-7,29H2,1,3H3,(H2,30,38)/t8?,10-,13?,14+,19-,27-/m0/s1. The van der Waals surface area contributed by atoms with E-state index in [9.17, 15) is 34.8 Å². The first-order valence-corrected chi connectivity index (χ1v) is 12.8. The molecule has 13 heteroatoms. The predicted octanol–water partition coefficient (Wildman–Crippen LogP) is 0.323. The molecule has 5 rings (SSSR count). The van der Waals surface area contributed by atoms with Crippen molar-refractivity contribution in [2.24, 2.45) is 23.3 Å². The molecule has 4 aliphatic rings. The van der Waals surface area contributed by atoms with Crippen molar-refractivity contribution in [1.82, 2.24) is 5.32 Å². The maximum Gasteiger partial charge on any atom is 0.255 e. The van der Waals surface area contributed by atoms with Gasteiger partial charge in [0.2, 0.25) is 5.78 Å². The van der Waals surface area contributed by atoms with Crippen molar-refractivity contribution in [3.05, 3.63) is 51.7 Å². The number of ketones is 2. The Morgan fingerprint density at radius 2 is 1.95 bits per heavy atom. The molecule has 0 aromatic heterocycles. The van der Waals surface area contributed by atoms with Crippen LogP contribution in [0.5, 0.6) is 5.75 Å². The van der Waals surface area contributed by atoms with Crippen molar-refractivity contribution in [2.45, 2.75) is 56.5 Å². The minimum Gasteiger partial charge on any atom is -0.508 e. The van der Waals surface area contributed by atoms with Gasteiger partial charge >= 0.3 is 0 Å². The molecule has 1 amide bonds. The van der Waals surface area contributed by atoms with E-state index in [1.807, 2.05) is 6.92 Å². The molecule has 2 unspecified atom stereocenters. The number of aliphatic hydroxyl groups excluding tert-OH is 2. The van der Waals surface area contributed by atoms with E-state index in [1.165, 1.54) is 0 Å². The van der Waals surface area contributed by atoms with Gasteiger partial charge in [-0.05, 0) is 32.1 Å². The number of fused-ring (bicyclic) bond motifs is 4. The van der Waals surface area contributed by atoms with Crippen molar-refractivity contribution < 1.29 is 43.9 Å². The van der Waals surface area contributed by atoms with Crippen LogP contribution in [0.4, 0.5) is 10.1 Å². The summed E-state index contributed by atoms with van der Waals surface area (Å²) < 4.78 is 21.4. The quantitative estimate of drug-likeness (QED) is 0.186. The van der Waals surface area contributed by atoms with Crippen molar-refractivity contribution >= 4 is 28.9 Å². The number of hydrogen-bond acceptors (Lipinski definition) is 11. The van der Waals surface area contributed by atoms with Gasteiger partial charge in [0, 0.05) is 48.0 Å². The number of primary amides is 1. The summed E-state index contributed by atoms with van der Waals surface area (Å²) >= 11 is 0. The topological polar surface area (TPSA) is 217 Å². The first-order chi connectivity index (χ1) is 18.7. The number of nitrogens with two attached hydrogens (primary N) is 2. The third-order valence-corrected chi connectivity index (χ3v) is 8.65. The Morgan fingerprint density at radius 3 is 2.58 bits per heavy atom. The number of amides is 1. The number of phenolic OH excluding ortho intramolecular Hbond substituents is 1. The minimum absolute atomic E-state index is 0.00632. The lowest BCUT2D eigenvalue weighted by molar-refractivity contribution is -0.149. The van der Waals surface area contributed by atoms with Crippen LogP contribution in [0.15, 0.2) is 29.2 Å². The molecule has 214 valence electrons. The van der Waals surface area contributed by atoms with Gasteiger partial charge in [0.15, 0.2) is 17.1 Å². The van der Waals surface area contributed by atoms with E-state index >= 15 is 4.39 Å². The molecule has 12 nitrogen and oxygen atoms in total. The average molecular weight is 559 g/mol. The zero-order valence-electron chi connectivity index (χ0n) is 21.9. The maximum atomic E-state index is 16.1. The smallest absolute Gasteiger partial charge is 0.255 e. The van der Waals surface area contributed by atoms with Crippen LogP contribution in [0, 0.1) is 17.7 Å². The molecule has 3 aliphatic carbocycles. The number of anilines is 1. The second-order valence-electron chi connectivity index (χ2n) is 10.8. The molecule has 1 aliphatic heterocycles. The van der Waals surface area contributed by atoms with E-state index in [0.29, 0.717) is 12.1 Å². The van der Waals surface area contributed by atoms with Gasteiger partial charge in [-0.1, -0.05) is 6.58 Å². The van der Waals surface area contributed by atoms with Crippen LogP contribution in [0.1, 0.15) is 36.5 Å². The summed E-state index contributed by atoms with van der Waals surface area (Å²) in [5, 5.41) is 50.9. The number of carbonyl (C=O) groups is 3. The number of halogens is 1. The Morgan fingerprint density at radius 1 is 1.27 bits per heavy atom. The fourth-order valence-corrected chi connectivity index (χ4v) is 6.42. The molecular weight excluding hydrogens is 527 g/mol. The number of benzene rings is 1. The van der Waals surface area contributed by atoms with Crippen LogP contribution in [-0.2, 0) is 32.1 Å². The molecule has 6 atom stereocenters. The highest BCUT2D eigenvalue weighted by Gasteiger charge is 2.63. The molecule has 1 fully saturated rings. The second-order valence-corrected chi connectivity index (χ2v) is 10.8. The van der Waals surface area contributed by atoms with Gasteiger partial charge in [-0.2, -0.15) is 0 Å². The highest BCUT2D eigenvalue weighted by Crippen LogP contribution is 2.53. The number of nitrogens with one attached hydrogen (secondary N) is 2. The molecular formula is C27H31FN4O8. The maximum absolute atomic E-state index is 16.1. The normalized spacial score (nSPS) is 30.6. The van der Waals surface area contributed by atoms with Crippen molar-refractivity contribution in [2.75, 3.05) is 12.4 Å². The number of ether oxygens (including phenoxy) is 1. The average Bonchev–Trinajstić information content (AvgIpc) is 3.06. The molecule has 0 radical (unpaired) electrons. The van der Waals surface area contributed by atoms with Crippen molar-refractivity contribution in [3.8, 4) is 5.75 Å². The van der Waals surface area contributed by atoms with Gasteiger partial charge in [-0.15, -0.1) is 0 Å². The summed E-state index contributed by atoms with van der Waals surface area (Å²) in [6.45, 7) is 5.85. The van der Waals surface area contributed by atoms with E-state index < -0.39 is 75.2 Å². The lowest BCUT2D eigenvalue weighted by atomic mass is 9.58. The number of Topliss-reactive ketones (excluding diaryl/α,β-unsaturated/α-hetero) is 2. The van der Waals surface area contributed by atoms with Crippen LogP contribution in [0.3, 0.4) is 0 Å². The van der Waals surface area contributed by atoms with Gasteiger partial charge in [-0.3, -0.25) is 14.4 Å². The first kappa shape index (κ1) is 27.8. The fraction of sp³-hybridized carbons (Fsp3) is 0.444. The Bertz CT molecular complexity index is 1450. The minimum atomic E-state index is -2.84. The molecule has 10 N–H and O–H groups in total. The molecule has 1 heterocycles. The zero-order chi connectivity index (χ0) is 29.4. The van der Waals surface area contributed by atoms with Gasteiger partial charge < -0.3 is 47.3 Å². The third-order valence-electron chi connectivity index (χ3n) is 8.65. The molecule has 0 bridgehead atoms. The SMILES string of the molecule is C=C1Nc2c(O)c3c(c(F)c2CN[C@@H]1CC(C)OC)C[C@H]1CC2[C@H](N)C(=O)C(C(N)=O)=C(O)[C@@]2(O)C(=O)C1=C3O. The number of aliphatic hydroxyl groups is 3. The Hall–Kier alpha value is -3.78. The van der Waals surface area contributed by atoms with Gasteiger partial charge in [0.1, 0.15) is 22.9 Å². The van der Waals surface area contributed by atoms with Crippen LogP contribution >= 0.6 is 0 Å². The zero-order valence-corrected chi connectivity index (χ0v) is 21.9. The Kier molecular flexibility index (Phi) is 6.53. The van der Waals surface area contributed by atoms with Crippen molar-refractivity contribution in [3.63, 3.8) is 0 Å². The van der Waals surface area contributed by atoms with E-state index in [1.54, 1.807) is 7.11 Å². The molecule has 0 saturated heterocycles. The first-order valence-electron chi connectivity index (χ1n) is 12.8.